The Hall–Kier alpha value is -6.18. The number of hydrogen-bond acceptors (Lipinski definition) is 1. The van der Waals surface area contributed by atoms with Gasteiger partial charge in [0, 0.05) is 23.2 Å². The number of rotatable bonds is 11. The molecule has 0 heterocycles. The van der Waals surface area contributed by atoms with Crippen molar-refractivity contribution in [2.45, 2.75) is 44.4 Å². The van der Waals surface area contributed by atoms with E-state index in [2.05, 4.69) is 183 Å². The van der Waals surface area contributed by atoms with E-state index in [1.54, 1.807) is 0 Å². The van der Waals surface area contributed by atoms with Gasteiger partial charge in [-0.1, -0.05) is 127 Å². The van der Waals surface area contributed by atoms with E-state index in [0.717, 1.165) is 37.1 Å². The highest BCUT2D eigenvalue weighted by Gasteiger charge is 2.30. The van der Waals surface area contributed by atoms with Crippen molar-refractivity contribution in [2.24, 2.45) is 0 Å². The monoisotopic (exact) mass is 695 g/mol. The Labute approximate surface area is 320 Å². The van der Waals surface area contributed by atoms with Crippen LogP contribution in [0.4, 0.5) is 11.4 Å². The number of anilines is 2. The average Bonchev–Trinajstić information content (AvgIpc) is 3.71. The number of benzene rings is 7. The van der Waals surface area contributed by atoms with Crippen LogP contribution in [0.25, 0.3) is 55.6 Å². The molecule has 0 spiro atoms. The molecule has 0 radical (unpaired) electrons. The summed E-state index contributed by atoms with van der Waals surface area (Å²) in [6, 6.07) is 56.6. The lowest BCUT2D eigenvalue weighted by Gasteiger charge is -2.15. The molecule has 54 heavy (non-hydrogen) atoms. The fourth-order valence-electron chi connectivity index (χ4n) is 8.80. The predicted molar refractivity (Wildman–Crippen MR) is 231 cm³/mol. The zero-order valence-electron chi connectivity index (χ0n) is 31.0. The van der Waals surface area contributed by atoms with Gasteiger partial charge in [0.1, 0.15) is 0 Å². The molecule has 262 valence electrons. The van der Waals surface area contributed by atoms with Gasteiger partial charge in [0.05, 0.1) is 0 Å². The molecular weight excluding hydrogens is 651 g/mol. The second-order valence-electron chi connectivity index (χ2n) is 15.0. The largest absolute Gasteiger partial charge is 0.356 e. The van der Waals surface area contributed by atoms with Crippen molar-refractivity contribution in [3.63, 3.8) is 0 Å². The topological polar surface area (TPSA) is 12.0 Å². The molecule has 2 aliphatic rings. The van der Waals surface area contributed by atoms with Gasteiger partial charge in [0.15, 0.2) is 0 Å². The molecular formula is C53H45N. The lowest BCUT2D eigenvalue weighted by molar-refractivity contribution is 0.745. The molecule has 0 amide bonds. The Bertz CT molecular complexity index is 2500. The molecule has 0 fully saturated rings. The summed E-state index contributed by atoms with van der Waals surface area (Å²) < 4.78 is 0. The Morgan fingerprint density at radius 2 is 0.796 bits per heavy atom. The van der Waals surface area contributed by atoms with Crippen molar-refractivity contribution in [2.75, 3.05) is 5.32 Å². The lowest BCUT2D eigenvalue weighted by atomic mass is 9.89. The molecule has 2 atom stereocenters. The molecule has 0 saturated heterocycles. The van der Waals surface area contributed by atoms with E-state index in [4.69, 9.17) is 0 Å². The highest BCUT2D eigenvalue weighted by atomic mass is 14.9. The summed E-state index contributed by atoms with van der Waals surface area (Å²) in [7, 11) is 0. The average molecular weight is 696 g/mol. The summed E-state index contributed by atoms with van der Waals surface area (Å²) >= 11 is 0. The number of aryl methyl sites for hydroxylation is 1. The van der Waals surface area contributed by atoms with Crippen LogP contribution in [0, 0.1) is 6.92 Å². The van der Waals surface area contributed by atoms with Crippen molar-refractivity contribution in [1.82, 2.24) is 0 Å². The van der Waals surface area contributed by atoms with Gasteiger partial charge in [-0.3, -0.25) is 0 Å². The van der Waals surface area contributed by atoms with Crippen LogP contribution in [0.2, 0.25) is 0 Å². The Balaban J connectivity index is 0.977. The molecule has 1 nitrogen and oxygen atoms in total. The number of hydrogen-bond donors (Lipinski definition) is 1. The third-order valence-corrected chi connectivity index (χ3v) is 11.6. The first kappa shape index (κ1) is 33.6. The van der Waals surface area contributed by atoms with Gasteiger partial charge in [-0.25, -0.2) is 0 Å². The molecule has 9 rings (SSSR count). The minimum Gasteiger partial charge on any atom is -0.356 e. The van der Waals surface area contributed by atoms with Gasteiger partial charge in [0.2, 0.25) is 0 Å². The predicted octanol–water partition coefficient (Wildman–Crippen LogP) is 14.9. The minimum atomic E-state index is 0.333. The van der Waals surface area contributed by atoms with Crippen LogP contribution in [0.1, 0.15) is 65.3 Å². The van der Waals surface area contributed by atoms with Crippen molar-refractivity contribution in [3.05, 3.63) is 205 Å². The molecule has 7 aromatic rings. The van der Waals surface area contributed by atoms with E-state index < -0.39 is 0 Å². The van der Waals surface area contributed by atoms with Crippen molar-refractivity contribution in [1.29, 1.82) is 0 Å². The summed E-state index contributed by atoms with van der Waals surface area (Å²) in [5.74, 6) is 0.751. The van der Waals surface area contributed by atoms with Gasteiger partial charge in [-0.2, -0.15) is 0 Å². The number of nitrogens with one attached hydrogen (secondary N) is 1. The maximum Gasteiger partial charge on any atom is 0.0384 e. The summed E-state index contributed by atoms with van der Waals surface area (Å²) in [6.07, 6.45) is 8.23. The first-order valence-corrected chi connectivity index (χ1v) is 19.4. The second-order valence-corrected chi connectivity index (χ2v) is 15.0. The van der Waals surface area contributed by atoms with E-state index in [9.17, 15) is 0 Å². The lowest BCUT2D eigenvalue weighted by Crippen LogP contribution is -1.97. The van der Waals surface area contributed by atoms with E-state index in [0.29, 0.717) is 11.8 Å². The van der Waals surface area contributed by atoms with E-state index >= 15 is 0 Å². The highest BCUT2D eigenvalue weighted by molar-refractivity contribution is 5.86. The molecule has 1 heteroatoms. The smallest absolute Gasteiger partial charge is 0.0384 e. The summed E-state index contributed by atoms with van der Waals surface area (Å²) in [4.78, 5) is 0. The fourth-order valence-corrected chi connectivity index (χ4v) is 8.80. The first-order valence-electron chi connectivity index (χ1n) is 19.4. The van der Waals surface area contributed by atoms with Crippen LogP contribution in [-0.2, 0) is 0 Å². The molecule has 0 bridgehead atoms. The molecule has 0 aliphatic heterocycles. The summed E-state index contributed by atoms with van der Waals surface area (Å²) in [5.41, 5.74) is 22.2. The van der Waals surface area contributed by atoms with E-state index in [-0.39, 0.29) is 0 Å². The maximum absolute atomic E-state index is 4.08. The maximum atomic E-state index is 4.08. The number of fused-ring (bicyclic) bond motifs is 6. The van der Waals surface area contributed by atoms with Crippen molar-refractivity contribution < 1.29 is 0 Å². The van der Waals surface area contributed by atoms with Crippen LogP contribution in [0.15, 0.2) is 177 Å². The normalized spacial score (nSPS) is 14.8. The Morgan fingerprint density at radius 1 is 0.426 bits per heavy atom. The molecule has 7 aromatic carbocycles. The zero-order chi connectivity index (χ0) is 36.6. The molecule has 1 N–H and O–H groups in total. The number of allylic oxidation sites excluding steroid dienone is 2. The van der Waals surface area contributed by atoms with Crippen LogP contribution >= 0.6 is 0 Å². The SMILES string of the molecule is C=CCCC1c2ccccc2-c2ccc(-c3ccc(-c4ccc5c(c4)C(CCC=C)c4cc(-c6ccc(Nc7ccc(C)cc7)cc6)ccc4-5)cc3)cc21. The summed E-state index contributed by atoms with van der Waals surface area (Å²) in [6.45, 7) is 10.2. The van der Waals surface area contributed by atoms with E-state index in [1.165, 1.54) is 83.5 Å². The van der Waals surface area contributed by atoms with Gasteiger partial charge >= 0.3 is 0 Å². The van der Waals surface area contributed by atoms with E-state index in [1.807, 2.05) is 6.08 Å². The second kappa shape index (κ2) is 14.3. The zero-order valence-corrected chi connectivity index (χ0v) is 31.0. The van der Waals surface area contributed by atoms with Crippen LogP contribution in [-0.4, -0.2) is 0 Å². The Morgan fingerprint density at radius 3 is 1.26 bits per heavy atom. The first-order chi connectivity index (χ1) is 26.6. The standard InChI is InChI=1S/C53H45N/c1-4-6-10-46-44-12-8-9-13-45(44)48-29-22-39(32-51(46)48)36-16-18-37(19-17-36)40-23-30-49-50-31-24-41(34-53(50)47(11-7-5-2)52(49)33-40)38-20-27-43(28-21-38)54-42-25-14-35(3)15-26-42/h4-5,8-9,12-34,46-47,54H,1-2,6-7,10-11H2,3H3. The van der Waals surface area contributed by atoms with Gasteiger partial charge < -0.3 is 5.32 Å². The van der Waals surface area contributed by atoms with Crippen LogP contribution in [0.3, 0.4) is 0 Å². The fraction of sp³-hybridized carbons (Fsp3) is 0.132. The van der Waals surface area contributed by atoms with Crippen LogP contribution < -0.4 is 5.32 Å². The molecule has 0 aromatic heterocycles. The van der Waals surface area contributed by atoms with Crippen molar-refractivity contribution >= 4 is 11.4 Å². The molecule has 2 aliphatic carbocycles. The Kier molecular flexibility index (Phi) is 8.93. The molecule has 0 saturated carbocycles. The van der Waals surface area contributed by atoms with Gasteiger partial charge in [-0.05, 0) is 153 Å². The molecule has 2 unspecified atom stereocenters. The van der Waals surface area contributed by atoms with Gasteiger partial charge in [0.25, 0.3) is 0 Å². The summed E-state index contributed by atoms with van der Waals surface area (Å²) in [5, 5.41) is 3.53. The van der Waals surface area contributed by atoms with Crippen molar-refractivity contribution in [3.8, 4) is 55.6 Å². The van der Waals surface area contributed by atoms with Gasteiger partial charge in [-0.15, -0.1) is 13.2 Å². The third-order valence-electron chi connectivity index (χ3n) is 11.6. The highest BCUT2D eigenvalue weighted by Crippen LogP contribution is 2.50. The van der Waals surface area contributed by atoms with Crippen LogP contribution in [0.5, 0.6) is 0 Å². The minimum absolute atomic E-state index is 0.333. The third kappa shape index (κ3) is 6.20. The quantitative estimate of drug-likeness (QED) is 0.133.